The number of aliphatic carboxylic acids is 1. The first-order valence-corrected chi connectivity index (χ1v) is 6.94. The number of hydrogen-bond donors (Lipinski definition) is 2. The molecule has 0 fully saturated rings. The predicted octanol–water partition coefficient (Wildman–Crippen LogP) is 1.58. The molecule has 0 radical (unpaired) electrons. The SMILES string of the molecule is CCN(C(=O)NCCc1nccs1)C(C)(C)C(=O)O. The van der Waals surface area contributed by atoms with E-state index < -0.39 is 11.5 Å². The van der Waals surface area contributed by atoms with Crippen LogP contribution in [0, 0.1) is 0 Å². The Labute approximate surface area is 116 Å². The van der Waals surface area contributed by atoms with Gasteiger partial charge in [-0.15, -0.1) is 11.3 Å². The minimum absolute atomic E-state index is 0.336. The summed E-state index contributed by atoms with van der Waals surface area (Å²) < 4.78 is 0. The van der Waals surface area contributed by atoms with E-state index in [-0.39, 0.29) is 6.03 Å². The minimum Gasteiger partial charge on any atom is -0.480 e. The van der Waals surface area contributed by atoms with Crippen molar-refractivity contribution in [2.75, 3.05) is 13.1 Å². The van der Waals surface area contributed by atoms with E-state index in [9.17, 15) is 9.59 Å². The zero-order chi connectivity index (χ0) is 14.5. The maximum Gasteiger partial charge on any atom is 0.329 e. The Morgan fingerprint density at radius 3 is 2.68 bits per heavy atom. The quantitative estimate of drug-likeness (QED) is 0.831. The highest BCUT2D eigenvalue weighted by molar-refractivity contribution is 7.09. The van der Waals surface area contributed by atoms with Crippen molar-refractivity contribution < 1.29 is 14.7 Å². The predicted molar refractivity (Wildman–Crippen MR) is 73.3 cm³/mol. The molecule has 19 heavy (non-hydrogen) atoms. The van der Waals surface area contributed by atoms with Crippen LogP contribution in [-0.4, -0.2) is 45.6 Å². The summed E-state index contributed by atoms with van der Waals surface area (Å²) in [6.07, 6.45) is 2.36. The van der Waals surface area contributed by atoms with E-state index in [0.717, 1.165) is 5.01 Å². The zero-order valence-electron chi connectivity index (χ0n) is 11.3. The number of carboxylic acid groups (broad SMARTS) is 1. The first-order chi connectivity index (χ1) is 8.89. The Kier molecular flexibility index (Phi) is 5.29. The first kappa shape index (κ1) is 15.4. The van der Waals surface area contributed by atoms with Crippen LogP contribution in [0.1, 0.15) is 25.8 Å². The summed E-state index contributed by atoms with van der Waals surface area (Å²) in [4.78, 5) is 28.6. The number of carboxylic acids is 1. The average molecular weight is 285 g/mol. The van der Waals surface area contributed by atoms with Crippen molar-refractivity contribution in [3.63, 3.8) is 0 Å². The Balaban J connectivity index is 2.52. The van der Waals surface area contributed by atoms with Gasteiger partial charge in [0.25, 0.3) is 0 Å². The van der Waals surface area contributed by atoms with Gasteiger partial charge in [0.15, 0.2) is 0 Å². The summed E-state index contributed by atoms with van der Waals surface area (Å²) in [5.74, 6) is -1.02. The van der Waals surface area contributed by atoms with E-state index in [1.807, 2.05) is 5.38 Å². The van der Waals surface area contributed by atoms with Gasteiger partial charge in [-0.1, -0.05) is 0 Å². The number of thiazole rings is 1. The van der Waals surface area contributed by atoms with E-state index in [1.54, 1.807) is 13.1 Å². The van der Waals surface area contributed by atoms with E-state index in [4.69, 9.17) is 5.11 Å². The Hall–Kier alpha value is -1.63. The van der Waals surface area contributed by atoms with Crippen LogP contribution in [0.5, 0.6) is 0 Å². The number of likely N-dealkylation sites (N-methyl/N-ethyl adjacent to an activating group) is 1. The second-order valence-corrected chi connectivity index (χ2v) is 5.50. The van der Waals surface area contributed by atoms with Crippen LogP contribution in [0.2, 0.25) is 0 Å². The van der Waals surface area contributed by atoms with Gasteiger partial charge < -0.3 is 15.3 Å². The van der Waals surface area contributed by atoms with Crippen molar-refractivity contribution in [1.82, 2.24) is 15.2 Å². The van der Waals surface area contributed by atoms with Crippen LogP contribution in [0.3, 0.4) is 0 Å². The number of urea groups is 1. The van der Waals surface area contributed by atoms with Gasteiger partial charge in [0, 0.05) is 31.1 Å². The van der Waals surface area contributed by atoms with Gasteiger partial charge in [0.1, 0.15) is 5.54 Å². The number of carbonyl (C=O) groups excluding carboxylic acids is 1. The highest BCUT2D eigenvalue weighted by Crippen LogP contribution is 2.14. The van der Waals surface area contributed by atoms with E-state index >= 15 is 0 Å². The van der Waals surface area contributed by atoms with Crippen LogP contribution >= 0.6 is 11.3 Å². The Morgan fingerprint density at radius 2 is 2.21 bits per heavy atom. The number of hydrogen-bond acceptors (Lipinski definition) is 4. The normalized spacial score (nSPS) is 11.1. The second-order valence-electron chi connectivity index (χ2n) is 4.52. The molecule has 2 amide bonds. The summed E-state index contributed by atoms with van der Waals surface area (Å²) in [6, 6.07) is -0.369. The third-order valence-electron chi connectivity index (χ3n) is 2.86. The highest BCUT2D eigenvalue weighted by Gasteiger charge is 2.36. The molecule has 0 aliphatic heterocycles. The second kappa shape index (κ2) is 6.51. The molecule has 0 atom stereocenters. The van der Waals surface area contributed by atoms with Gasteiger partial charge in [0.2, 0.25) is 0 Å². The molecule has 6 nitrogen and oxygen atoms in total. The smallest absolute Gasteiger partial charge is 0.329 e. The van der Waals surface area contributed by atoms with Crippen LogP contribution in [0.25, 0.3) is 0 Å². The molecule has 0 spiro atoms. The molecule has 1 heterocycles. The van der Waals surface area contributed by atoms with Crippen LogP contribution < -0.4 is 5.32 Å². The summed E-state index contributed by atoms with van der Waals surface area (Å²) >= 11 is 1.53. The molecule has 1 aromatic heterocycles. The van der Waals surface area contributed by atoms with E-state index in [1.165, 1.54) is 30.1 Å². The lowest BCUT2D eigenvalue weighted by Gasteiger charge is -2.34. The van der Waals surface area contributed by atoms with Crippen molar-refractivity contribution in [2.24, 2.45) is 0 Å². The first-order valence-electron chi connectivity index (χ1n) is 6.06. The molecule has 1 rings (SSSR count). The van der Waals surface area contributed by atoms with Gasteiger partial charge in [-0.05, 0) is 20.8 Å². The Bertz CT molecular complexity index is 431. The highest BCUT2D eigenvalue weighted by atomic mass is 32.1. The monoisotopic (exact) mass is 285 g/mol. The van der Waals surface area contributed by atoms with Crippen molar-refractivity contribution in [3.05, 3.63) is 16.6 Å². The number of carbonyl (C=O) groups is 2. The molecule has 0 unspecified atom stereocenters. The molecule has 0 aromatic carbocycles. The van der Waals surface area contributed by atoms with Gasteiger partial charge >= 0.3 is 12.0 Å². The van der Waals surface area contributed by atoms with Gasteiger partial charge in [-0.25, -0.2) is 14.6 Å². The lowest BCUT2D eigenvalue weighted by Crippen LogP contribution is -2.56. The van der Waals surface area contributed by atoms with Crippen molar-refractivity contribution >= 4 is 23.3 Å². The summed E-state index contributed by atoms with van der Waals surface area (Å²) in [5.41, 5.74) is -1.22. The third-order valence-corrected chi connectivity index (χ3v) is 3.70. The molecule has 0 aliphatic rings. The van der Waals surface area contributed by atoms with Gasteiger partial charge in [-0.2, -0.15) is 0 Å². The van der Waals surface area contributed by atoms with E-state index in [2.05, 4.69) is 10.3 Å². The average Bonchev–Trinajstić information content (AvgIpc) is 2.82. The standard InChI is InChI=1S/C12H19N3O3S/c1-4-15(12(2,3)10(16)17)11(18)14-6-5-9-13-7-8-19-9/h7-8H,4-6H2,1-3H3,(H,14,18)(H,16,17). The lowest BCUT2D eigenvalue weighted by atomic mass is 10.0. The van der Waals surface area contributed by atoms with Crippen LogP contribution in [0.15, 0.2) is 11.6 Å². The Morgan fingerprint density at radius 1 is 1.53 bits per heavy atom. The molecule has 0 aliphatic carbocycles. The topological polar surface area (TPSA) is 82.5 Å². The maximum absolute atomic E-state index is 12.0. The van der Waals surface area contributed by atoms with E-state index in [0.29, 0.717) is 19.5 Å². The maximum atomic E-state index is 12.0. The van der Waals surface area contributed by atoms with Crippen LogP contribution in [0.4, 0.5) is 4.79 Å². The van der Waals surface area contributed by atoms with Gasteiger partial charge in [0.05, 0.1) is 5.01 Å². The summed E-state index contributed by atoms with van der Waals surface area (Å²) in [6.45, 7) is 5.56. The van der Waals surface area contributed by atoms with Crippen molar-refractivity contribution in [1.29, 1.82) is 0 Å². The molecular weight excluding hydrogens is 266 g/mol. The molecule has 106 valence electrons. The fourth-order valence-corrected chi connectivity index (χ4v) is 2.28. The molecular formula is C12H19N3O3S. The molecule has 0 saturated carbocycles. The minimum atomic E-state index is -1.22. The summed E-state index contributed by atoms with van der Waals surface area (Å²) in [5, 5.41) is 14.7. The van der Waals surface area contributed by atoms with Crippen molar-refractivity contribution in [2.45, 2.75) is 32.7 Å². The fourth-order valence-electron chi connectivity index (χ4n) is 1.66. The molecule has 0 saturated heterocycles. The zero-order valence-corrected chi connectivity index (χ0v) is 12.2. The third kappa shape index (κ3) is 3.92. The fraction of sp³-hybridized carbons (Fsp3) is 0.583. The van der Waals surface area contributed by atoms with Crippen molar-refractivity contribution in [3.8, 4) is 0 Å². The molecule has 1 aromatic rings. The number of rotatable bonds is 6. The number of nitrogens with one attached hydrogen (secondary N) is 1. The molecule has 2 N–H and O–H groups in total. The molecule has 7 heteroatoms. The number of nitrogens with zero attached hydrogens (tertiary/aromatic N) is 2. The lowest BCUT2D eigenvalue weighted by molar-refractivity contribution is -0.147. The number of aromatic nitrogens is 1. The largest absolute Gasteiger partial charge is 0.480 e. The molecule has 0 bridgehead atoms. The number of amides is 2. The summed E-state index contributed by atoms with van der Waals surface area (Å²) in [7, 11) is 0. The van der Waals surface area contributed by atoms with Gasteiger partial charge in [-0.3, -0.25) is 0 Å². The van der Waals surface area contributed by atoms with Crippen LogP contribution in [-0.2, 0) is 11.2 Å².